The highest BCUT2D eigenvalue weighted by Crippen LogP contribution is 2.23. The minimum absolute atomic E-state index is 0.00228. The molecule has 0 saturated carbocycles. The highest BCUT2D eigenvalue weighted by Gasteiger charge is 2.13. The van der Waals surface area contributed by atoms with Gasteiger partial charge in [0.05, 0.1) is 11.3 Å². The summed E-state index contributed by atoms with van der Waals surface area (Å²) in [5, 5.41) is 2.59. The normalized spacial score (nSPS) is 10.4. The zero-order valence-corrected chi connectivity index (χ0v) is 14.7. The molecule has 0 heterocycles. The number of nitrogens with one attached hydrogen (secondary N) is 1. The second kappa shape index (κ2) is 8.57. The monoisotopic (exact) mass is 413 g/mol. The van der Waals surface area contributed by atoms with Gasteiger partial charge < -0.3 is 14.8 Å². The van der Waals surface area contributed by atoms with Crippen LogP contribution in [0.15, 0.2) is 46.9 Å². The van der Waals surface area contributed by atoms with Crippen LogP contribution in [-0.2, 0) is 9.53 Å². The van der Waals surface area contributed by atoms with Crippen molar-refractivity contribution in [2.24, 2.45) is 0 Å². The maximum Gasteiger partial charge on any atom is 0.387 e. The van der Waals surface area contributed by atoms with Gasteiger partial charge in [-0.2, -0.15) is 8.78 Å². The molecule has 8 heteroatoms. The van der Waals surface area contributed by atoms with E-state index in [0.29, 0.717) is 10.2 Å². The molecule has 0 aromatic heterocycles. The summed E-state index contributed by atoms with van der Waals surface area (Å²) in [5.41, 5.74) is 1.56. The predicted molar refractivity (Wildman–Crippen MR) is 90.9 cm³/mol. The van der Waals surface area contributed by atoms with Gasteiger partial charge >= 0.3 is 12.6 Å². The van der Waals surface area contributed by atoms with Crippen molar-refractivity contribution in [2.75, 3.05) is 11.9 Å². The molecule has 0 saturated heterocycles. The molecule has 0 unspecified atom stereocenters. The van der Waals surface area contributed by atoms with Crippen molar-refractivity contribution in [2.45, 2.75) is 13.5 Å². The predicted octanol–water partition coefficient (Wildman–Crippen LogP) is 4.15. The van der Waals surface area contributed by atoms with E-state index in [1.54, 1.807) is 6.07 Å². The number of alkyl halides is 2. The van der Waals surface area contributed by atoms with Gasteiger partial charge in [0.15, 0.2) is 6.61 Å². The topological polar surface area (TPSA) is 64.6 Å². The van der Waals surface area contributed by atoms with Crippen molar-refractivity contribution in [3.8, 4) is 5.75 Å². The van der Waals surface area contributed by atoms with E-state index in [9.17, 15) is 18.4 Å². The molecule has 132 valence electrons. The number of rotatable bonds is 6. The smallest absolute Gasteiger partial charge is 0.387 e. The SMILES string of the molecule is Cc1ccc(NC(=O)COC(=O)c2cccc(OC(F)F)c2)c(Br)c1. The molecule has 1 N–H and O–H groups in total. The largest absolute Gasteiger partial charge is 0.452 e. The van der Waals surface area contributed by atoms with Crippen molar-refractivity contribution in [1.29, 1.82) is 0 Å². The fourth-order valence-corrected chi connectivity index (χ4v) is 2.51. The van der Waals surface area contributed by atoms with Gasteiger partial charge in [0, 0.05) is 4.47 Å². The molecule has 0 aliphatic heterocycles. The minimum Gasteiger partial charge on any atom is -0.452 e. The van der Waals surface area contributed by atoms with Crippen LogP contribution in [0.1, 0.15) is 15.9 Å². The molecular weight excluding hydrogens is 400 g/mol. The summed E-state index contributed by atoms with van der Waals surface area (Å²) in [4.78, 5) is 23.8. The number of amides is 1. The highest BCUT2D eigenvalue weighted by molar-refractivity contribution is 9.10. The molecule has 0 bridgehead atoms. The molecule has 2 rings (SSSR count). The van der Waals surface area contributed by atoms with Crippen molar-refractivity contribution < 1.29 is 27.8 Å². The molecule has 2 aromatic carbocycles. The number of carbonyl (C=O) groups excluding carboxylic acids is 2. The van der Waals surface area contributed by atoms with E-state index in [-0.39, 0.29) is 11.3 Å². The average Bonchev–Trinajstić information content (AvgIpc) is 2.55. The summed E-state index contributed by atoms with van der Waals surface area (Å²) in [6, 6.07) is 10.5. The number of ether oxygens (including phenoxy) is 2. The number of esters is 1. The van der Waals surface area contributed by atoms with Gasteiger partial charge in [0.2, 0.25) is 0 Å². The fraction of sp³-hybridized carbons (Fsp3) is 0.176. The van der Waals surface area contributed by atoms with Crippen molar-refractivity contribution >= 4 is 33.5 Å². The molecule has 0 aliphatic carbocycles. The van der Waals surface area contributed by atoms with E-state index in [2.05, 4.69) is 26.0 Å². The lowest BCUT2D eigenvalue weighted by Gasteiger charge is -2.09. The lowest BCUT2D eigenvalue weighted by molar-refractivity contribution is -0.119. The first-order valence-electron chi connectivity index (χ1n) is 7.13. The first-order valence-corrected chi connectivity index (χ1v) is 7.92. The van der Waals surface area contributed by atoms with Crippen LogP contribution < -0.4 is 10.1 Å². The summed E-state index contributed by atoms with van der Waals surface area (Å²) >= 11 is 3.32. The number of aryl methyl sites for hydroxylation is 1. The average molecular weight is 414 g/mol. The Morgan fingerprint density at radius 3 is 2.64 bits per heavy atom. The van der Waals surface area contributed by atoms with E-state index in [1.165, 1.54) is 18.2 Å². The van der Waals surface area contributed by atoms with Crippen molar-refractivity contribution in [3.63, 3.8) is 0 Å². The zero-order valence-electron chi connectivity index (χ0n) is 13.1. The van der Waals surface area contributed by atoms with E-state index in [4.69, 9.17) is 4.74 Å². The Kier molecular flexibility index (Phi) is 6.46. The van der Waals surface area contributed by atoms with E-state index in [0.717, 1.165) is 11.6 Å². The standard InChI is InChI=1S/C17H14BrF2NO4/c1-10-5-6-14(13(18)7-10)21-15(22)9-24-16(23)11-3-2-4-12(8-11)25-17(19)20/h2-8,17H,9H2,1H3,(H,21,22). The van der Waals surface area contributed by atoms with Crippen LogP contribution >= 0.6 is 15.9 Å². The molecule has 2 aromatic rings. The van der Waals surface area contributed by atoms with Gasteiger partial charge in [-0.25, -0.2) is 4.79 Å². The van der Waals surface area contributed by atoms with Crippen molar-refractivity contribution in [1.82, 2.24) is 0 Å². The molecule has 0 radical (unpaired) electrons. The molecule has 1 amide bonds. The summed E-state index contributed by atoms with van der Waals surface area (Å²) in [7, 11) is 0. The minimum atomic E-state index is -3.00. The summed E-state index contributed by atoms with van der Waals surface area (Å²) in [6.07, 6.45) is 0. The third-order valence-electron chi connectivity index (χ3n) is 3.03. The van der Waals surface area contributed by atoms with Gasteiger partial charge in [-0.15, -0.1) is 0 Å². The summed E-state index contributed by atoms with van der Waals surface area (Å²) in [5.74, 6) is -1.52. The maximum atomic E-state index is 12.2. The third kappa shape index (κ3) is 5.82. The first kappa shape index (κ1) is 18.9. The number of halogens is 3. The van der Waals surface area contributed by atoms with Gasteiger partial charge in [-0.05, 0) is 58.7 Å². The van der Waals surface area contributed by atoms with E-state index >= 15 is 0 Å². The second-order valence-corrected chi connectivity index (χ2v) is 5.87. The van der Waals surface area contributed by atoms with Crippen LogP contribution in [0.5, 0.6) is 5.75 Å². The van der Waals surface area contributed by atoms with Crippen LogP contribution in [0.3, 0.4) is 0 Å². The Labute approximate surface area is 151 Å². The quantitative estimate of drug-likeness (QED) is 0.722. The first-order chi connectivity index (χ1) is 11.8. The van der Waals surface area contributed by atoms with Crippen LogP contribution in [0.25, 0.3) is 0 Å². The molecule has 0 fully saturated rings. The Hall–Kier alpha value is -2.48. The second-order valence-electron chi connectivity index (χ2n) is 5.01. The van der Waals surface area contributed by atoms with Crippen LogP contribution in [0.2, 0.25) is 0 Å². The zero-order chi connectivity index (χ0) is 18.4. The fourth-order valence-electron chi connectivity index (χ4n) is 1.92. The van der Waals surface area contributed by atoms with E-state index < -0.39 is 25.1 Å². The lowest BCUT2D eigenvalue weighted by atomic mass is 10.2. The molecule has 0 aliphatic rings. The summed E-state index contributed by atoms with van der Waals surface area (Å²) < 4.78 is 34.1. The molecule has 0 spiro atoms. The number of hydrogen-bond donors (Lipinski definition) is 1. The number of carbonyl (C=O) groups is 2. The van der Waals surface area contributed by atoms with Gasteiger partial charge in [0.25, 0.3) is 5.91 Å². The summed E-state index contributed by atoms with van der Waals surface area (Å²) in [6.45, 7) is -1.60. The molecule has 0 atom stereocenters. The third-order valence-corrected chi connectivity index (χ3v) is 3.68. The van der Waals surface area contributed by atoms with E-state index in [1.807, 2.05) is 19.1 Å². The molecular formula is C17H14BrF2NO4. The number of benzene rings is 2. The van der Waals surface area contributed by atoms with Crippen molar-refractivity contribution in [3.05, 3.63) is 58.1 Å². The Balaban J connectivity index is 1.92. The number of hydrogen-bond acceptors (Lipinski definition) is 4. The highest BCUT2D eigenvalue weighted by atomic mass is 79.9. The van der Waals surface area contributed by atoms with Gasteiger partial charge in [0.1, 0.15) is 5.75 Å². The molecule has 25 heavy (non-hydrogen) atoms. The van der Waals surface area contributed by atoms with Crippen LogP contribution in [0, 0.1) is 6.92 Å². The Morgan fingerprint density at radius 2 is 1.96 bits per heavy atom. The number of anilines is 1. The van der Waals surface area contributed by atoms with Crippen LogP contribution in [-0.4, -0.2) is 25.1 Å². The maximum absolute atomic E-state index is 12.2. The van der Waals surface area contributed by atoms with Gasteiger partial charge in [-0.1, -0.05) is 12.1 Å². The Bertz CT molecular complexity index is 783. The molecule has 5 nitrogen and oxygen atoms in total. The van der Waals surface area contributed by atoms with Gasteiger partial charge in [-0.3, -0.25) is 4.79 Å². The lowest BCUT2D eigenvalue weighted by Crippen LogP contribution is -2.21. The Morgan fingerprint density at radius 1 is 1.20 bits per heavy atom. The van der Waals surface area contributed by atoms with Crippen LogP contribution in [0.4, 0.5) is 14.5 Å².